The summed E-state index contributed by atoms with van der Waals surface area (Å²) in [5.41, 5.74) is 3.35. The van der Waals surface area contributed by atoms with E-state index in [2.05, 4.69) is 26.9 Å². The predicted octanol–water partition coefficient (Wildman–Crippen LogP) is 5.27. The van der Waals surface area contributed by atoms with Gasteiger partial charge in [-0.15, -0.1) is 5.10 Å². The van der Waals surface area contributed by atoms with Crippen LogP contribution < -0.4 is 4.74 Å². The Labute approximate surface area is 218 Å². The maximum Gasteiger partial charge on any atom is 0.320 e. The molecular weight excluding hydrogens is 492 g/mol. The van der Waals surface area contributed by atoms with Crippen LogP contribution in [0.15, 0.2) is 55.5 Å². The first-order chi connectivity index (χ1) is 18.3. The highest BCUT2D eigenvalue weighted by Gasteiger charge is 2.31. The molecule has 1 saturated heterocycles. The number of aromatic nitrogens is 6. The molecule has 4 aromatic rings. The molecule has 38 heavy (non-hydrogen) atoms. The largest absolute Gasteiger partial charge is 0.482 e. The van der Waals surface area contributed by atoms with Gasteiger partial charge in [0.2, 0.25) is 5.91 Å². The second-order valence-corrected chi connectivity index (χ2v) is 9.52. The zero-order valence-corrected chi connectivity index (χ0v) is 21.5. The number of halogens is 2. The molecule has 1 aromatic carbocycles. The second-order valence-electron chi connectivity index (χ2n) is 9.52. The number of fused-ring (bicyclic) bond motifs is 1. The summed E-state index contributed by atoms with van der Waals surface area (Å²) in [4.78, 5) is 22.5. The van der Waals surface area contributed by atoms with Crippen LogP contribution >= 0.6 is 0 Å². The van der Waals surface area contributed by atoms with Gasteiger partial charge in [-0.05, 0) is 64.0 Å². The van der Waals surface area contributed by atoms with Gasteiger partial charge in [0.05, 0.1) is 22.9 Å². The number of benzene rings is 1. The summed E-state index contributed by atoms with van der Waals surface area (Å²) in [6.45, 7) is 7.18. The molecule has 9 nitrogen and oxygen atoms in total. The van der Waals surface area contributed by atoms with Gasteiger partial charge in [0, 0.05) is 24.3 Å². The Morgan fingerprint density at radius 1 is 1.26 bits per heavy atom. The van der Waals surface area contributed by atoms with Crippen molar-refractivity contribution in [1.29, 1.82) is 0 Å². The lowest BCUT2D eigenvalue weighted by molar-refractivity contribution is -0.129. The molecule has 0 radical (unpaired) electrons. The van der Waals surface area contributed by atoms with E-state index < -0.39 is 12.7 Å². The summed E-state index contributed by atoms with van der Waals surface area (Å²) in [5, 5.41) is 8.89. The Morgan fingerprint density at radius 3 is 2.76 bits per heavy atom. The van der Waals surface area contributed by atoms with E-state index in [0.717, 1.165) is 29.4 Å². The molecular formula is C27H29F2N7O2. The second kappa shape index (κ2) is 10.3. The van der Waals surface area contributed by atoms with Crippen LogP contribution in [-0.4, -0.2) is 52.9 Å². The van der Waals surface area contributed by atoms with Crippen LogP contribution in [0.4, 0.5) is 8.78 Å². The number of hydrogen-bond acceptors (Lipinski definition) is 6. The van der Waals surface area contributed by atoms with Crippen LogP contribution in [0.5, 0.6) is 5.75 Å². The standard InChI is InChI=1S/C27H29F2N7O2/c1-5-24(37)34-11-9-20(12-16(34)2)36-17(3)25(32-33-36)19-13-22-26(35(15-31-22)27(28)29)23(14-19)38-18(4)21-8-6-7-10-30-21/h5-8,10,13-16,18,20,27H,1,9,11-12H2,2-4H3. The smallest absolute Gasteiger partial charge is 0.320 e. The quantitative estimate of drug-likeness (QED) is 0.308. The minimum absolute atomic E-state index is 0.0362. The van der Waals surface area contributed by atoms with Crippen LogP contribution in [0.2, 0.25) is 0 Å². The number of carbonyl (C=O) groups excluding carboxylic acids is 1. The number of piperidine rings is 1. The number of ether oxygens (including phenoxy) is 1. The lowest BCUT2D eigenvalue weighted by Gasteiger charge is -2.37. The van der Waals surface area contributed by atoms with Gasteiger partial charge in [0.1, 0.15) is 29.4 Å². The van der Waals surface area contributed by atoms with Crippen molar-refractivity contribution in [1.82, 2.24) is 34.4 Å². The molecule has 4 heterocycles. The number of carbonyl (C=O) groups is 1. The fourth-order valence-corrected chi connectivity index (χ4v) is 5.14. The third-order valence-electron chi connectivity index (χ3n) is 7.11. The molecule has 198 valence electrons. The number of rotatable bonds is 7. The molecule has 0 bridgehead atoms. The molecule has 0 aliphatic carbocycles. The van der Waals surface area contributed by atoms with Gasteiger partial charge in [-0.25, -0.2) is 9.67 Å². The molecule has 5 rings (SSSR count). The number of pyridine rings is 1. The zero-order chi connectivity index (χ0) is 27.0. The highest BCUT2D eigenvalue weighted by molar-refractivity contribution is 5.88. The van der Waals surface area contributed by atoms with Gasteiger partial charge in [-0.1, -0.05) is 17.9 Å². The van der Waals surface area contributed by atoms with Gasteiger partial charge in [0.15, 0.2) is 0 Å². The van der Waals surface area contributed by atoms with Crippen molar-refractivity contribution in [2.24, 2.45) is 0 Å². The molecule has 0 spiro atoms. The third kappa shape index (κ3) is 4.64. The Morgan fingerprint density at radius 2 is 2.08 bits per heavy atom. The van der Waals surface area contributed by atoms with Gasteiger partial charge < -0.3 is 9.64 Å². The first-order valence-corrected chi connectivity index (χ1v) is 12.5. The van der Waals surface area contributed by atoms with Crippen molar-refractivity contribution in [3.63, 3.8) is 0 Å². The van der Waals surface area contributed by atoms with Gasteiger partial charge in [-0.2, -0.15) is 8.78 Å². The lowest BCUT2D eigenvalue weighted by Crippen LogP contribution is -2.44. The summed E-state index contributed by atoms with van der Waals surface area (Å²) in [5.74, 6) is 0.184. The summed E-state index contributed by atoms with van der Waals surface area (Å²) < 4.78 is 36.5. The number of amides is 1. The topological polar surface area (TPSA) is 91.0 Å². The fourth-order valence-electron chi connectivity index (χ4n) is 5.14. The van der Waals surface area contributed by atoms with E-state index in [4.69, 9.17) is 4.74 Å². The van der Waals surface area contributed by atoms with Gasteiger partial charge in [0.25, 0.3) is 0 Å². The number of alkyl halides is 2. The van der Waals surface area contributed by atoms with E-state index in [1.165, 1.54) is 6.08 Å². The Hall–Kier alpha value is -4.15. The molecule has 3 atom stereocenters. The van der Waals surface area contributed by atoms with E-state index in [1.807, 2.05) is 42.5 Å². The molecule has 3 aromatic heterocycles. The highest BCUT2D eigenvalue weighted by Crippen LogP contribution is 2.37. The first kappa shape index (κ1) is 25.5. The van der Waals surface area contributed by atoms with Crippen LogP contribution in [0.1, 0.15) is 56.8 Å². The molecule has 1 amide bonds. The van der Waals surface area contributed by atoms with Crippen molar-refractivity contribution in [3.8, 4) is 17.0 Å². The normalized spacial score (nSPS) is 18.6. The maximum absolute atomic E-state index is 13.8. The van der Waals surface area contributed by atoms with Crippen LogP contribution in [0.3, 0.4) is 0 Å². The average molecular weight is 522 g/mol. The fraction of sp³-hybridized carbons (Fsp3) is 0.370. The third-order valence-corrected chi connectivity index (χ3v) is 7.11. The van der Waals surface area contributed by atoms with Crippen molar-refractivity contribution < 1.29 is 18.3 Å². The van der Waals surface area contributed by atoms with Crippen molar-refractivity contribution in [2.75, 3.05) is 6.54 Å². The average Bonchev–Trinajstić information content (AvgIpc) is 3.52. The summed E-state index contributed by atoms with van der Waals surface area (Å²) >= 11 is 0. The number of nitrogens with zero attached hydrogens (tertiary/aromatic N) is 7. The minimum Gasteiger partial charge on any atom is -0.482 e. The SMILES string of the molecule is C=CC(=O)N1CCC(n2nnc(-c3cc(OC(C)c4ccccn4)c4c(c3)ncn4C(F)F)c2C)CC1C. The molecule has 0 saturated carbocycles. The predicted molar refractivity (Wildman–Crippen MR) is 138 cm³/mol. The first-order valence-electron chi connectivity index (χ1n) is 12.5. The van der Waals surface area contributed by atoms with E-state index in [1.54, 1.807) is 24.4 Å². The highest BCUT2D eigenvalue weighted by atomic mass is 19.3. The molecule has 1 aliphatic rings. The van der Waals surface area contributed by atoms with Crippen molar-refractivity contribution >= 4 is 16.9 Å². The molecule has 1 aliphatic heterocycles. The number of likely N-dealkylation sites (tertiary alicyclic amines) is 1. The van der Waals surface area contributed by atoms with Gasteiger partial charge in [-0.3, -0.25) is 14.3 Å². The molecule has 1 fully saturated rings. The molecule has 0 N–H and O–H groups in total. The number of hydrogen-bond donors (Lipinski definition) is 0. The Kier molecular flexibility index (Phi) is 6.92. The van der Waals surface area contributed by atoms with Gasteiger partial charge >= 0.3 is 6.55 Å². The van der Waals surface area contributed by atoms with Crippen LogP contribution in [-0.2, 0) is 4.79 Å². The van der Waals surface area contributed by atoms with Crippen molar-refractivity contribution in [2.45, 2.75) is 58.3 Å². The van der Waals surface area contributed by atoms with E-state index >= 15 is 0 Å². The Bertz CT molecular complexity index is 1470. The van der Waals surface area contributed by atoms with Crippen LogP contribution in [0, 0.1) is 6.92 Å². The van der Waals surface area contributed by atoms with E-state index in [9.17, 15) is 13.6 Å². The Balaban J connectivity index is 1.50. The zero-order valence-electron chi connectivity index (χ0n) is 21.5. The molecule has 11 heteroatoms. The minimum atomic E-state index is -2.78. The molecule has 3 unspecified atom stereocenters. The van der Waals surface area contributed by atoms with E-state index in [0.29, 0.717) is 29.0 Å². The number of imidazole rings is 1. The summed E-state index contributed by atoms with van der Waals surface area (Å²) in [6, 6.07) is 9.00. The van der Waals surface area contributed by atoms with Crippen molar-refractivity contribution in [3.05, 3.63) is 66.9 Å². The maximum atomic E-state index is 13.8. The van der Waals surface area contributed by atoms with Crippen LogP contribution in [0.25, 0.3) is 22.3 Å². The summed E-state index contributed by atoms with van der Waals surface area (Å²) in [6.07, 6.45) is 5.09. The monoisotopic (exact) mass is 521 g/mol. The summed E-state index contributed by atoms with van der Waals surface area (Å²) in [7, 11) is 0. The lowest BCUT2D eigenvalue weighted by atomic mass is 9.97. The van der Waals surface area contributed by atoms with E-state index in [-0.39, 0.29) is 29.3 Å².